The molecule has 3 rings (SSSR count). The second-order valence-corrected chi connectivity index (χ2v) is 6.49. The zero-order chi connectivity index (χ0) is 16.9. The van der Waals surface area contributed by atoms with E-state index in [4.69, 9.17) is 4.74 Å². The fraction of sp³-hybridized carbons (Fsp3) is 0.474. The topological polar surface area (TPSA) is 47.4 Å². The molecule has 0 aliphatic carbocycles. The van der Waals surface area contributed by atoms with Crippen molar-refractivity contribution in [3.8, 4) is 5.75 Å². The number of methoxy groups -OCH3 is 1. The van der Waals surface area contributed by atoms with Gasteiger partial charge in [-0.1, -0.05) is 12.1 Å². The lowest BCUT2D eigenvalue weighted by Gasteiger charge is -2.27. The average molecular weight is 327 g/mol. The standard InChI is InChI=1S/C19H25N3O2/c1-21-10-7-16(8-11-21)18(23)19-20-9-13-22(19)12-6-15-4-3-5-17(14-15)24-2/h3-5,9,13-14,16H,6-8,10-12H2,1-2H3. The van der Waals surface area contributed by atoms with Crippen molar-refractivity contribution < 1.29 is 9.53 Å². The molecule has 0 unspecified atom stereocenters. The van der Waals surface area contributed by atoms with Crippen LogP contribution in [0.15, 0.2) is 36.7 Å². The maximum atomic E-state index is 12.8. The van der Waals surface area contributed by atoms with Crippen LogP contribution in [0.2, 0.25) is 0 Å². The van der Waals surface area contributed by atoms with Crippen molar-refractivity contribution in [3.63, 3.8) is 0 Å². The summed E-state index contributed by atoms with van der Waals surface area (Å²) in [4.78, 5) is 19.4. The van der Waals surface area contributed by atoms with Crippen molar-refractivity contribution >= 4 is 5.78 Å². The summed E-state index contributed by atoms with van der Waals surface area (Å²) in [5.41, 5.74) is 1.20. The summed E-state index contributed by atoms with van der Waals surface area (Å²) in [6.45, 7) is 2.72. The third-order valence-electron chi connectivity index (χ3n) is 4.80. The van der Waals surface area contributed by atoms with Crippen LogP contribution >= 0.6 is 0 Å². The largest absolute Gasteiger partial charge is 0.497 e. The molecule has 0 bridgehead atoms. The lowest BCUT2D eigenvalue weighted by Crippen LogP contribution is -2.34. The summed E-state index contributed by atoms with van der Waals surface area (Å²) in [7, 11) is 3.78. The number of piperidine rings is 1. The van der Waals surface area contributed by atoms with Crippen LogP contribution in [0.25, 0.3) is 0 Å². The van der Waals surface area contributed by atoms with Gasteiger partial charge in [0.05, 0.1) is 7.11 Å². The predicted octanol–water partition coefficient (Wildman–Crippen LogP) is 2.66. The number of rotatable bonds is 6. The number of hydrogen-bond donors (Lipinski definition) is 0. The SMILES string of the molecule is COc1cccc(CCn2ccnc2C(=O)C2CCN(C)CC2)c1. The van der Waals surface area contributed by atoms with Crippen LogP contribution in [0.4, 0.5) is 0 Å². The molecule has 5 nitrogen and oxygen atoms in total. The highest BCUT2D eigenvalue weighted by molar-refractivity contribution is 5.94. The normalized spacial score (nSPS) is 16.2. The summed E-state index contributed by atoms with van der Waals surface area (Å²) >= 11 is 0. The molecule has 0 saturated carbocycles. The van der Waals surface area contributed by atoms with Gasteiger partial charge in [0.25, 0.3) is 0 Å². The summed E-state index contributed by atoms with van der Waals surface area (Å²) in [5, 5.41) is 0. The van der Waals surface area contributed by atoms with Crippen LogP contribution < -0.4 is 4.74 Å². The first-order valence-electron chi connectivity index (χ1n) is 8.54. The van der Waals surface area contributed by atoms with E-state index >= 15 is 0 Å². The van der Waals surface area contributed by atoms with Gasteiger partial charge in [-0.05, 0) is 57.1 Å². The Morgan fingerprint density at radius 1 is 1.33 bits per heavy atom. The van der Waals surface area contributed by atoms with E-state index in [1.54, 1.807) is 13.3 Å². The Kier molecular flexibility index (Phi) is 5.30. The van der Waals surface area contributed by atoms with Gasteiger partial charge in [0, 0.05) is 24.9 Å². The number of hydrogen-bond acceptors (Lipinski definition) is 4. The highest BCUT2D eigenvalue weighted by atomic mass is 16.5. The highest BCUT2D eigenvalue weighted by Gasteiger charge is 2.27. The third kappa shape index (κ3) is 3.85. The number of ether oxygens (including phenoxy) is 1. The minimum absolute atomic E-state index is 0.110. The minimum Gasteiger partial charge on any atom is -0.497 e. The van der Waals surface area contributed by atoms with Crippen molar-refractivity contribution in [1.82, 2.24) is 14.5 Å². The van der Waals surface area contributed by atoms with Gasteiger partial charge < -0.3 is 14.2 Å². The fourth-order valence-electron chi connectivity index (χ4n) is 3.25. The number of imidazole rings is 1. The van der Waals surface area contributed by atoms with E-state index in [-0.39, 0.29) is 11.7 Å². The molecule has 1 saturated heterocycles. The van der Waals surface area contributed by atoms with Crippen molar-refractivity contribution in [2.45, 2.75) is 25.8 Å². The van der Waals surface area contributed by atoms with E-state index in [0.29, 0.717) is 5.82 Å². The van der Waals surface area contributed by atoms with E-state index in [1.165, 1.54) is 5.56 Å². The van der Waals surface area contributed by atoms with Gasteiger partial charge in [-0.2, -0.15) is 0 Å². The van der Waals surface area contributed by atoms with E-state index < -0.39 is 0 Å². The molecule has 1 aliphatic rings. The molecule has 0 atom stereocenters. The van der Waals surface area contributed by atoms with Gasteiger partial charge in [-0.3, -0.25) is 4.79 Å². The Bertz CT molecular complexity index is 687. The first kappa shape index (κ1) is 16.7. The molecule has 1 aromatic heterocycles. The molecule has 1 aromatic carbocycles. The second kappa shape index (κ2) is 7.62. The Balaban J connectivity index is 1.65. The monoisotopic (exact) mass is 327 g/mol. The Morgan fingerprint density at radius 3 is 2.88 bits per heavy atom. The van der Waals surface area contributed by atoms with Crippen molar-refractivity contribution in [1.29, 1.82) is 0 Å². The third-order valence-corrected chi connectivity index (χ3v) is 4.80. The molecule has 128 valence electrons. The maximum Gasteiger partial charge on any atom is 0.201 e. The minimum atomic E-state index is 0.110. The maximum absolute atomic E-state index is 12.8. The van der Waals surface area contributed by atoms with E-state index in [1.807, 2.05) is 29.0 Å². The lowest BCUT2D eigenvalue weighted by atomic mass is 9.92. The number of Topliss-reactive ketones (excluding diaryl/α,β-unsaturated/α-hetero) is 1. The molecular formula is C19H25N3O2. The molecule has 0 N–H and O–H groups in total. The van der Waals surface area contributed by atoms with Gasteiger partial charge >= 0.3 is 0 Å². The van der Waals surface area contributed by atoms with Crippen LogP contribution in [-0.4, -0.2) is 47.5 Å². The average Bonchev–Trinajstić information content (AvgIpc) is 3.09. The van der Waals surface area contributed by atoms with Crippen LogP contribution in [0.3, 0.4) is 0 Å². The number of likely N-dealkylation sites (tertiary alicyclic amines) is 1. The Morgan fingerprint density at radius 2 is 2.12 bits per heavy atom. The first-order chi connectivity index (χ1) is 11.7. The van der Waals surface area contributed by atoms with Crippen LogP contribution in [0, 0.1) is 5.92 Å². The van der Waals surface area contributed by atoms with Crippen molar-refractivity contribution in [2.24, 2.45) is 5.92 Å². The summed E-state index contributed by atoms with van der Waals surface area (Å²) in [5.74, 6) is 1.77. The quantitative estimate of drug-likeness (QED) is 0.765. The van der Waals surface area contributed by atoms with E-state index in [2.05, 4.69) is 23.0 Å². The van der Waals surface area contributed by atoms with Gasteiger partial charge in [-0.25, -0.2) is 4.98 Å². The molecular weight excluding hydrogens is 302 g/mol. The summed E-state index contributed by atoms with van der Waals surface area (Å²) < 4.78 is 7.25. The van der Waals surface area contributed by atoms with Crippen LogP contribution in [0.5, 0.6) is 5.75 Å². The Labute approximate surface area is 143 Å². The van der Waals surface area contributed by atoms with Crippen LogP contribution in [0.1, 0.15) is 29.0 Å². The first-order valence-corrected chi connectivity index (χ1v) is 8.54. The molecule has 1 fully saturated rings. The van der Waals surface area contributed by atoms with Gasteiger partial charge in [0.2, 0.25) is 5.78 Å². The number of carbonyl (C=O) groups excluding carboxylic acids is 1. The zero-order valence-corrected chi connectivity index (χ0v) is 14.4. The van der Waals surface area contributed by atoms with E-state index in [9.17, 15) is 4.79 Å². The Hall–Kier alpha value is -2.14. The predicted molar refractivity (Wildman–Crippen MR) is 93.5 cm³/mol. The smallest absolute Gasteiger partial charge is 0.201 e. The molecule has 0 spiro atoms. The molecule has 24 heavy (non-hydrogen) atoms. The number of ketones is 1. The number of aryl methyl sites for hydroxylation is 2. The zero-order valence-electron chi connectivity index (χ0n) is 14.4. The van der Waals surface area contributed by atoms with Crippen LogP contribution in [-0.2, 0) is 13.0 Å². The fourth-order valence-corrected chi connectivity index (χ4v) is 3.25. The molecule has 5 heteroatoms. The summed E-state index contributed by atoms with van der Waals surface area (Å²) in [6.07, 6.45) is 6.34. The van der Waals surface area contributed by atoms with Crippen molar-refractivity contribution in [2.75, 3.05) is 27.2 Å². The molecule has 0 amide bonds. The molecule has 2 aromatic rings. The number of benzene rings is 1. The van der Waals surface area contributed by atoms with Gasteiger partial charge in [-0.15, -0.1) is 0 Å². The number of carbonyl (C=O) groups is 1. The molecule has 0 radical (unpaired) electrons. The number of aromatic nitrogens is 2. The lowest BCUT2D eigenvalue weighted by molar-refractivity contribution is 0.0841. The number of nitrogens with zero attached hydrogens (tertiary/aromatic N) is 3. The molecule has 2 heterocycles. The van der Waals surface area contributed by atoms with Gasteiger partial charge in [0.1, 0.15) is 5.75 Å². The summed E-state index contributed by atoms with van der Waals surface area (Å²) in [6, 6.07) is 8.05. The van der Waals surface area contributed by atoms with Crippen molar-refractivity contribution in [3.05, 3.63) is 48.0 Å². The molecule has 1 aliphatic heterocycles. The van der Waals surface area contributed by atoms with Gasteiger partial charge in [0.15, 0.2) is 5.82 Å². The highest BCUT2D eigenvalue weighted by Crippen LogP contribution is 2.21. The second-order valence-electron chi connectivity index (χ2n) is 6.49. The van der Waals surface area contributed by atoms with E-state index in [0.717, 1.165) is 44.6 Å².